The summed E-state index contributed by atoms with van der Waals surface area (Å²) >= 11 is 3.47. The van der Waals surface area contributed by atoms with Crippen LogP contribution in [0.25, 0.3) is 0 Å². The van der Waals surface area contributed by atoms with Crippen molar-refractivity contribution in [3.63, 3.8) is 0 Å². The van der Waals surface area contributed by atoms with E-state index in [4.69, 9.17) is 13.9 Å². The molecule has 1 aromatic heterocycles. The molecule has 1 unspecified atom stereocenters. The monoisotopic (exact) mass is 305 g/mol. The fourth-order valence-corrected chi connectivity index (χ4v) is 1.92. The van der Waals surface area contributed by atoms with Crippen LogP contribution in [-0.4, -0.2) is 33.5 Å². The Morgan fingerprint density at radius 1 is 1.47 bits per heavy atom. The Morgan fingerprint density at radius 2 is 2.29 bits per heavy atom. The summed E-state index contributed by atoms with van der Waals surface area (Å²) in [4.78, 5) is 0. The zero-order valence-electron chi connectivity index (χ0n) is 10.4. The van der Waals surface area contributed by atoms with Crippen molar-refractivity contribution in [2.45, 2.75) is 19.4 Å². The lowest BCUT2D eigenvalue weighted by Crippen LogP contribution is -2.26. The van der Waals surface area contributed by atoms with E-state index in [0.29, 0.717) is 19.8 Å². The van der Waals surface area contributed by atoms with Gasteiger partial charge in [0.1, 0.15) is 5.76 Å². The molecule has 0 bridgehead atoms. The zero-order chi connectivity index (χ0) is 12.5. The standard InChI is InChI=1S/C12H20BrNO3/c1-3-5-14-11(9-16-8-7-15-2)12-10(13)4-6-17-12/h4,6,11,14H,3,5,7-9H2,1-2H3. The predicted molar refractivity (Wildman–Crippen MR) is 70.1 cm³/mol. The first-order valence-electron chi connectivity index (χ1n) is 5.82. The van der Waals surface area contributed by atoms with E-state index >= 15 is 0 Å². The first kappa shape index (κ1) is 14.7. The van der Waals surface area contributed by atoms with Gasteiger partial charge in [0.15, 0.2) is 0 Å². The largest absolute Gasteiger partial charge is 0.466 e. The van der Waals surface area contributed by atoms with Crippen molar-refractivity contribution in [3.8, 4) is 0 Å². The summed E-state index contributed by atoms with van der Waals surface area (Å²) in [7, 11) is 1.67. The number of methoxy groups -OCH3 is 1. The van der Waals surface area contributed by atoms with Gasteiger partial charge in [-0.3, -0.25) is 0 Å². The first-order valence-corrected chi connectivity index (χ1v) is 6.61. The highest BCUT2D eigenvalue weighted by molar-refractivity contribution is 9.10. The van der Waals surface area contributed by atoms with Gasteiger partial charge in [-0.2, -0.15) is 0 Å². The second kappa shape index (κ2) is 8.69. The van der Waals surface area contributed by atoms with Gasteiger partial charge in [-0.1, -0.05) is 6.92 Å². The van der Waals surface area contributed by atoms with Crippen LogP contribution in [0.2, 0.25) is 0 Å². The summed E-state index contributed by atoms with van der Waals surface area (Å²) in [6, 6.07) is 1.97. The molecule has 1 N–H and O–H groups in total. The van der Waals surface area contributed by atoms with Crippen molar-refractivity contribution in [2.24, 2.45) is 0 Å². The highest BCUT2D eigenvalue weighted by atomic mass is 79.9. The van der Waals surface area contributed by atoms with Crippen molar-refractivity contribution in [1.29, 1.82) is 0 Å². The molecule has 0 aliphatic carbocycles. The highest BCUT2D eigenvalue weighted by Crippen LogP contribution is 2.24. The lowest BCUT2D eigenvalue weighted by Gasteiger charge is -2.17. The van der Waals surface area contributed by atoms with Crippen LogP contribution in [0, 0.1) is 0 Å². The van der Waals surface area contributed by atoms with Gasteiger partial charge in [0.05, 0.1) is 36.6 Å². The Balaban J connectivity index is 2.46. The van der Waals surface area contributed by atoms with Gasteiger partial charge in [0.25, 0.3) is 0 Å². The second-order valence-corrected chi connectivity index (χ2v) is 4.56. The molecule has 98 valence electrons. The van der Waals surface area contributed by atoms with Crippen molar-refractivity contribution >= 4 is 15.9 Å². The van der Waals surface area contributed by atoms with E-state index < -0.39 is 0 Å². The molecular weight excluding hydrogens is 286 g/mol. The van der Waals surface area contributed by atoms with E-state index in [2.05, 4.69) is 28.2 Å². The van der Waals surface area contributed by atoms with Gasteiger partial charge in [-0.05, 0) is 35.0 Å². The molecule has 0 amide bonds. The third-order valence-electron chi connectivity index (χ3n) is 2.32. The van der Waals surface area contributed by atoms with Crippen LogP contribution >= 0.6 is 15.9 Å². The molecule has 1 rings (SSSR count). The quantitative estimate of drug-likeness (QED) is 0.713. The summed E-state index contributed by atoms with van der Waals surface area (Å²) in [6.07, 6.45) is 2.75. The predicted octanol–water partition coefficient (Wildman–Crippen LogP) is 2.75. The summed E-state index contributed by atoms with van der Waals surface area (Å²) in [5, 5.41) is 3.40. The summed E-state index contributed by atoms with van der Waals surface area (Å²) in [5.74, 6) is 0.885. The van der Waals surface area contributed by atoms with Crippen LogP contribution in [0.5, 0.6) is 0 Å². The number of hydrogen-bond donors (Lipinski definition) is 1. The maximum Gasteiger partial charge on any atom is 0.137 e. The van der Waals surface area contributed by atoms with E-state index in [-0.39, 0.29) is 6.04 Å². The minimum Gasteiger partial charge on any atom is -0.466 e. The smallest absolute Gasteiger partial charge is 0.137 e. The molecule has 1 aromatic rings. The Kier molecular flexibility index (Phi) is 7.51. The van der Waals surface area contributed by atoms with Crippen molar-refractivity contribution < 1.29 is 13.9 Å². The maximum absolute atomic E-state index is 5.54. The fraction of sp³-hybridized carbons (Fsp3) is 0.667. The van der Waals surface area contributed by atoms with Crippen LogP contribution in [0.4, 0.5) is 0 Å². The third-order valence-corrected chi connectivity index (χ3v) is 2.97. The molecule has 1 heterocycles. The van der Waals surface area contributed by atoms with Gasteiger partial charge in [0, 0.05) is 7.11 Å². The Hall–Kier alpha value is -0.360. The molecule has 0 fully saturated rings. The number of halogens is 1. The average Bonchev–Trinajstić information content (AvgIpc) is 2.75. The number of ether oxygens (including phenoxy) is 2. The number of nitrogens with one attached hydrogen (secondary N) is 1. The Bertz CT molecular complexity index is 304. The molecule has 0 radical (unpaired) electrons. The molecule has 1 atom stereocenters. The summed E-state index contributed by atoms with van der Waals surface area (Å²) < 4.78 is 16.9. The van der Waals surface area contributed by atoms with Crippen molar-refractivity contribution in [2.75, 3.05) is 33.5 Å². The number of hydrogen-bond acceptors (Lipinski definition) is 4. The normalized spacial score (nSPS) is 12.9. The summed E-state index contributed by atoms with van der Waals surface area (Å²) in [5.41, 5.74) is 0. The van der Waals surface area contributed by atoms with Crippen LogP contribution < -0.4 is 5.32 Å². The molecular formula is C12H20BrNO3. The molecule has 17 heavy (non-hydrogen) atoms. The number of rotatable bonds is 9. The van der Waals surface area contributed by atoms with Gasteiger partial charge in [-0.25, -0.2) is 0 Å². The van der Waals surface area contributed by atoms with E-state index in [1.807, 2.05) is 6.07 Å². The lowest BCUT2D eigenvalue weighted by molar-refractivity contribution is 0.0553. The Labute approximate surface area is 111 Å². The van der Waals surface area contributed by atoms with Gasteiger partial charge < -0.3 is 19.2 Å². The zero-order valence-corrected chi connectivity index (χ0v) is 12.0. The van der Waals surface area contributed by atoms with E-state index in [9.17, 15) is 0 Å². The van der Waals surface area contributed by atoms with Gasteiger partial charge >= 0.3 is 0 Å². The van der Waals surface area contributed by atoms with Gasteiger partial charge in [-0.15, -0.1) is 0 Å². The van der Waals surface area contributed by atoms with Crippen LogP contribution in [-0.2, 0) is 9.47 Å². The van der Waals surface area contributed by atoms with Crippen LogP contribution in [0.1, 0.15) is 25.1 Å². The molecule has 4 nitrogen and oxygen atoms in total. The Morgan fingerprint density at radius 3 is 2.88 bits per heavy atom. The first-order chi connectivity index (χ1) is 8.29. The van der Waals surface area contributed by atoms with Crippen LogP contribution in [0.3, 0.4) is 0 Å². The summed E-state index contributed by atoms with van der Waals surface area (Å²) in [6.45, 7) is 4.85. The average molecular weight is 306 g/mol. The lowest BCUT2D eigenvalue weighted by atomic mass is 10.2. The second-order valence-electron chi connectivity index (χ2n) is 3.71. The minimum atomic E-state index is 0.0798. The molecule has 0 aliphatic heterocycles. The number of furan rings is 1. The minimum absolute atomic E-state index is 0.0798. The third kappa shape index (κ3) is 5.21. The molecule has 0 spiro atoms. The maximum atomic E-state index is 5.54. The molecule has 0 aliphatic rings. The van der Waals surface area contributed by atoms with Crippen molar-refractivity contribution in [1.82, 2.24) is 5.32 Å². The van der Waals surface area contributed by atoms with E-state index in [1.165, 1.54) is 0 Å². The van der Waals surface area contributed by atoms with Gasteiger partial charge in [0.2, 0.25) is 0 Å². The molecule has 0 aromatic carbocycles. The van der Waals surface area contributed by atoms with Crippen molar-refractivity contribution in [3.05, 3.63) is 22.6 Å². The van der Waals surface area contributed by atoms with Crippen LogP contribution in [0.15, 0.2) is 21.2 Å². The molecule has 0 saturated heterocycles. The SMILES string of the molecule is CCCNC(COCCOC)c1occc1Br. The molecule has 0 saturated carbocycles. The van der Waals surface area contributed by atoms with E-state index in [1.54, 1.807) is 13.4 Å². The fourth-order valence-electron chi connectivity index (χ4n) is 1.44. The highest BCUT2D eigenvalue weighted by Gasteiger charge is 2.17. The van der Waals surface area contributed by atoms with E-state index in [0.717, 1.165) is 23.2 Å². The topological polar surface area (TPSA) is 43.6 Å². The molecule has 5 heteroatoms.